The van der Waals surface area contributed by atoms with Gasteiger partial charge in [0.25, 0.3) is 0 Å². The van der Waals surface area contributed by atoms with E-state index < -0.39 is 6.10 Å². The Balaban J connectivity index is 1.82. The summed E-state index contributed by atoms with van der Waals surface area (Å²) in [5, 5.41) is 14.1. The van der Waals surface area contributed by atoms with Crippen LogP contribution in [0.2, 0.25) is 0 Å². The highest BCUT2D eigenvalue weighted by Gasteiger charge is 2.25. The normalized spacial score (nSPS) is 19.1. The van der Waals surface area contributed by atoms with Gasteiger partial charge in [-0.2, -0.15) is 0 Å². The second kappa shape index (κ2) is 5.58. The molecule has 1 aliphatic heterocycles. The number of hydrogen-bond acceptors (Lipinski definition) is 2. The Kier molecular flexibility index (Phi) is 3.81. The Morgan fingerprint density at radius 2 is 2.05 bits per heavy atom. The predicted octanol–water partition coefficient (Wildman–Crippen LogP) is 4.22. The summed E-state index contributed by atoms with van der Waals surface area (Å²) in [4.78, 5) is 0. The van der Waals surface area contributed by atoms with Crippen LogP contribution in [-0.4, -0.2) is 11.1 Å². The van der Waals surface area contributed by atoms with Gasteiger partial charge in [0.15, 0.2) is 0 Å². The number of halogens is 1. The maximum atomic E-state index is 10.6. The van der Waals surface area contributed by atoms with Crippen molar-refractivity contribution >= 4 is 21.6 Å². The molecule has 2 unspecified atom stereocenters. The molecular formula is C17H18BrNO. The number of fused-ring (bicyclic) bond motifs is 1. The molecule has 0 aromatic heterocycles. The average molecular weight is 332 g/mol. The van der Waals surface area contributed by atoms with Crippen molar-refractivity contribution in [2.75, 3.05) is 5.32 Å². The van der Waals surface area contributed by atoms with Crippen LogP contribution >= 0.6 is 15.9 Å². The van der Waals surface area contributed by atoms with Crippen molar-refractivity contribution in [1.29, 1.82) is 0 Å². The zero-order valence-corrected chi connectivity index (χ0v) is 13.0. The van der Waals surface area contributed by atoms with Crippen molar-refractivity contribution in [2.45, 2.75) is 31.9 Å². The molecule has 2 atom stereocenters. The minimum Gasteiger partial charge on any atom is -0.386 e. The van der Waals surface area contributed by atoms with Gasteiger partial charge in [-0.15, -0.1) is 0 Å². The van der Waals surface area contributed by atoms with Crippen molar-refractivity contribution in [2.24, 2.45) is 0 Å². The first-order chi connectivity index (χ1) is 9.65. The summed E-state index contributed by atoms with van der Waals surface area (Å²) >= 11 is 3.50. The van der Waals surface area contributed by atoms with Crippen LogP contribution in [0.15, 0.2) is 46.9 Å². The molecule has 2 nitrogen and oxygen atoms in total. The van der Waals surface area contributed by atoms with E-state index in [1.807, 2.05) is 25.1 Å². The summed E-state index contributed by atoms with van der Waals surface area (Å²) in [5.74, 6) is 0. The van der Waals surface area contributed by atoms with E-state index in [9.17, 15) is 5.11 Å². The molecule has 0 radical (unpaired) electrons. The highest BCUT2D eigenvalue weighted by atomic mass is 79.9. The van der Waals surface area contributed by atoms with Crippen LogP contribution in [0, 0.1) is 6.92 Å². The Labute approximate surface area is 128 Å². The number of aliphatic hydroxyl groups is 1. The van der Waals surface area contributed by atoms with E-state index in [0.717, 1.165) is 34.1 Å². The fraction of sp³-hybridized carbons (Fsp3) is 0.294. The second-order valence-electron chi connectivity index (χ2n) is 5.40. The van der Waals surface area contributed by atoms with Gasteiger partial charge in [0.05, 0.1) is 12.1 Å². The van der Waals surface area contributed by atoms with Crippen molar-refractivity contribution in [1.82, 2.24) is 0 Å². The zero-order valence-electron chi connectivity index (χ0n) is 11.4. The molecule has 3 rings (SSSR count). The number of aryl methyl sites for hydroxylation is 2. The van der Waals surface area contributed by atoms with E-state index in [1.54, 1.807) is 0 Å². The van der Waals surface area contributed by atoms with Crippen LogP contribution in [0.25, 0.3) is 0 Å². The van der Waals surface area contributed by atoms with E-state index in [-0.39, 0.29) is 6.04 Å². The molecule has 2 aromatic rings. The average Bonchev–Trinajstić information content (AvgIpc) is 2.49. The zero-order chi connectivity index (χ0) is 14.1. The van der Waals surface area contributed by atoms with Gasteiger partial charge in [0.2, 0.25) is 0 Å². The maximum Gasteiger partial charge on any atom is 0.0991 e. The molecule has 104 valence electrons. The van der Waals surface area contributed by atoms with Gasteiger partial charge < -0.3 is 10.4 Å². The Hall–Kier alpha value is -1.32. The van der Waals surface area contributed by atoms with Crippen LogP contribution in [0.4, 0.5) is 5.69 Å². The molecule has 1 heterocycles. The predicted molar refractivity (Wildman–Crippen MR) is 86.0 cm³/mol. The molecule has 1 aliphatic rings. The Bertz CT molecular complexity index is 626. The molecule has 0 spiro atoms. The summed E-state index contributed by atoms with van der Waals surface area (Å²) in [6.45, 7) is 2.05. The van der Waals surface area contributed by atoms with Crippen LogP contribution in [0.3, 0.4) is 0 Å². The van der Waals surface area contributed by atoms with Crippen LogP contribution in [0.1, 0.15) is 29.2 Å². The van der Waals surface area contributed by atoms with Crippen LogP contribution < -0.4 is 5.32 Å². The summed E-state index contributed by atoms with van der Waals surface area (Å²) < 4.78 is 1.08. The van der Waals surface area contributed by atoms with E-state index in [0.29, 0.717) is 0 Å². The number of aliphatic hydroxyl groups excluding tert-OH is 1. The first kappa shape index (κ1) is 13.7. The SMILES string of the molecule is Cc1cc(C(O)C2CCc3ccccc3N2)ccc1Br. The number of hydrogen-bond donors (Lipinski definition) is 2. The molecule has 20 heavy (non-hydrogen) atoms. The molecule has 0 amide bonds. The van der Waals surface area contributed by atoms with Gasteiger partial charge in [-0.05, 0) is 48.6 Å². The number of rotatable bonds is 2. The Morgan fingerprint density at radius 3 is 2.85 bits per heavy atom. The van der Waals surface area contributed by atoms with Gasteiger partial charge in [-0.3, -0.25) is 0 Å². The first-order valence-electron chi connectivity index (χ1n) is 6.94. The summed E-state index contributed by atoms with van der Waals surface area (Å²) in [6, 6.07) is 14.5. The standard InChI is InChI=1S/C17H18BrNO/c1-11-10-13(6-8-14(11)18)17(20)16-9-7-12-4-2-3-5-15(12)19-16/h2-6,8,10,16-17,19-20H,7,9H2,1H3. The number of para-hydroxylation sites is 1. The molecule has 0 bridgehead atoms. The van der Waals surface area contributed by atoms with Gasteiger partial charge in [-0.25, -0.2) is 0 Å². The summed E-state index contributed by atoms with van der Waals surface area (Å²) in [5.41, 5.74) is 4.61. The molecule has 0 aliphatic carbocycles. The monoisotopic (exact) mass is 331 g/mol. The number of anilines is 1. The fourth-order valence-corrected chi connectivity index (χ4v) is 3.03. The van der Waals surface area contributed by atoms with E-state index >= 15 is 0 Å². The number of benzene rings is 2. The summed E-state index contributed by atoms with van der Waals surface area (Å²) in [6.07, 6.45) is 1.49. The highest BCUT2D eigenvalue weighted by molar-refractivity contribution is 9.10. The topological polar surface area (TPSA) is 32.3 Å². The van der Waals surface area contributed by atoms with Crippen molar-refractivity contribution in [3.8, 4) is 0 Å². The third-order valence-corrected chi connectivity index (χ3v) is 4.88. The molecule has 2 aromatic carbocycles. The molecule has 0 fully saturated rings. The molecular weight excluding hydrogens is 314 g/mol. The van der Waals surface area contributed by atoms with Gasteiger partial charge in [-0.1, -0.05) is 46.3 Å². The summed E-state index contributed by atoms with van der Waals surface area (Å²) in [7, 11) is 0. The van der Waals surface area contributed by atoms with Gasteiger partial charge in [0.1, 0.15) is 0 Å². The second-order valence-corrected chi connectivity index (χ2v) is 6.25. The van der Waals surface area contributed by atoms with E-state index in [1.165, 1.54) is 5.56 Å². The highest BCUT2D eigenvalue weighted by Crippen LogP contribution is 2.31. The lowest BCUT2D eigenvalue weighted by atomic mass is 9.91. The third kappa shape index (κ3) is 2.60. The quantitative estimate of drug-likeness (QED) is 0.863. The van der Waals surface area contributed by atoms with E-state index in [4.69, 9.17) is 0 Å². The largest absolute Gasteiger partial charge is 0.386 e. The van der Waals surface area contributed by atoms with Gasteiger partial charge in [0, 0.05) is 10.2 Å². The molecule has 3 heteroatoms. The van der Waals surface area contributed by atoms with Crippen LogP contribution in [0.5, 0.6) is 0 Å². The smallest absolute Gasteiger partial charge is 0.0991 e. The van der Waals surface area contributed by atoms with E-state index in [2.05, 4.69) is 45.5 Å². The molecule has 2 N–H and O–H groups in total. The Morgan fingerprint density at radius 1 is 1.25 bits per heavy atom. The minimum absolute atomic E-state index is 0.0745. The third-order valence-electron chi connectivity index (χ3n) is 3.99. The lowest BCUT2D eigenvalue weighted by Crippen LogP contribution is -2.31. The van der Waals surface area contributed by atoms with Crippen molar-refractivity contribution in [3.05, 3.63) is 63.6 Å². The maximum absolute atomic E-state index is 10.6. The minimum atomic E-state index is -0.477. The van der Waals surface area contributed by atoms with Crippen molar-refractivity contribution in [3.63, 3.8) is 0 Å². The lowest BCUT2D eigenvalue weighted by Gasteiger charge is -2.31. The molecule has 0 saturated heterocycles. The fourth-order valence-electron chi connectivity index (χ4n) is 2.78. The van der Waals surface area contributed by atoms with Crippen molar-refractivity contribution < 1.29 is 5.11 Å². The van der Waals surface area contributed by atoms with Gasteiger partial charge >= 0.3 is 0 Å². The van der Waals surface area contributed by atoms with Crippen LogP contribution in [-0.2, 0) is 6.42 Å². The first-order valence-corrected chi connectivity index (χ1v) is 7.73. The number of nitrogens with one attached hydrogen (secondary N) is 1. The lowest BCUT2D eigenvalue weighted by molar-refractivity contribution is 0.149. The molecule has 0 saturated carbocycles.